The van der Waals surface area contributed by atoms with Gasteiger partial charge >= 0.3 is 5.97 Å². The van der Waals surface area contributed by atoms with Crippen LogP contribution in [-0.2, 0) is 26.4 Å². The second kappa shape index (κ2) is 7.34. The van der Waals surface area contributed by atoms with Crippen LogP contribution in [0.4, 0.5) is 0 Å². The maximum atomic E-state index is 11.4. The lowest BCUT2D eigenvalue weighted by molar-refractivity contribution is -0.147. The molecule has 0 bridgehead atoms. The Bertz CT molecular complexity index is 448. The number of esters is 1. The fraction of sp³-hybridized carbons (Fsp3) is 0.417. The summed E-state index contributed by atoms with van der Waals surface area (Å²) in [4.78, 5) is 11.4. The first-order chi connectivity index (χ1) is 8.95. The Labute approximate surface area is 113 Å². The molecule has 19 heavy (non-hydrogen) atoms. The molecule has 0 aliphatic rings. The SMILES string of the molecule is CCOC(=O)[C@@H](N)[C@H](O)c1ccc(CS(=O)O)cc1. The molecule has 0 aliphatic carbocycles. The molecular weight excluding hydrogens is 270 g/mol. The molecule has 7 heteroatoms. The number of nitrogens with two attached hydrogens (primary N) is 1. The van der Waals surface area contributed by atoms with E-state index in [1.165, 1.54) is 0 Å². The summed E-state index contributed by atoms with van der Waals surface area (Å²) in [7, 11) is 0. The molecule has 0 fully saturated rings. The lowest BCUT2D eigenvalue weighted by atomic mass is 10.0. The minimum absolute atomic E-state index is 0.0142. The van der Waals surface area contributed by atoms with Crippen molar-refractivity contribution in [2.24, 2.45) is 5.73 Å². The lowest BCUT2D eigenvalue weighted by Gasteiger charge is -2.17. The minimum Gasteiger partial charge on any atom is -0.465 e. The highest BCUT2D eigenvalue weighted by Gasteiger charge is 2.25. The van der Waals surface area contributed by atoms with Crippen LogP contribution in [0.5, 0.6) is 0 Å². The van der Waals surface area contributed by atoms with Crippen LogP contribution in [0.25, 0.3) is 0 Å². The van der Waals surface area contributed by atoms with Crippen molar-refractivity contribution in [1.29, 1.82) is 0 Å². The topological polar surface area (TPSA) is 110 Å². The molecule has 0 radical (unpaired) electrons. The van der Waals surface area contributed by atoms with Crippen LogP contribution in [0, 0.1) is 0 Å². The van der Waals surface area contributed by atoms with E-state index in [1.54, 1.807) is 31.2 Å². The van der Waals surface area contributed by atoms with Crippen molar-refractivity contribution in [1.82, 2.24) is 0 Å². The molecular formula is C12H17NO5S. The summed E-state index contributed by atoms with van der Waals surface area (Å²) in [5.41, 5.74) is 6.69. The van der Waals surface area contributed by atoms with Crippen molar-refractivity contribution in [3.8, 4) is 0 Å². The smallest absolute Gasteiger partial charge is 0.325 e. The Morgan fingerprint density at radius 1 is 1.42 bits per heavy atom. The fourth-order valence-corrected chi connectivity index (χ4v) is 2.01. The highest BCUT2D eigenvalue weighted by atomic mass is 32.2. The molecule has 4 N–H and O–H groups in total. The first-order valence-electron chi connectivity index (χ1n) is 5.72. The summed E-state index contributed by atoms with van der Waals surface area (Å²) < 4.78 is 24.1. The molecule has 1 rings (SSSR count). The predicted molar refractivity (Wildman–Crippen MR) is 70.5 cm³/mol. The number of carbonyl (C=O) groups excluding carboxylic acids is 1. The first kappa shape index (κ1) is 15.8. The molecule has 0 saturated heterocycles. The molecule has 0 amide bonds. The van der Waals surface area contributed by atoms with Crippen molar-refractivity contribution < 1.29 is 23.4 Å². The number of aliphatic hydroxyl groups excluding tert-OH is 1. The highest BCUT2D eigenvalue weighted by Crippen LogP contribution is 2.17. The first-order valence-corrected chi connectivity index (χ1v) is 6.99. The minimum atomic E-state index is -1.91. The van der Waals surface area contributed by atoms with Gasteiger partial charge < -0.3 is 20.1 Å². The van der Waals surface area contributed by atoms with Crippen LogP contribution in [0.3, 0.4) is 0 Å². The Morgan fingerprint density at radius 2 is 2.00 bits per heavy atom. The number of benzene rings is 1. The number of ether oxygens (including phenoxy) is 1. The molecule has 1 unspecified atom stereocenters. The zero-order valence-corrected chi connectivity index (χ0v) is 11.3. The van der Waals surface area contributed by atoms with Gasteiger partial charge in [-0.3, -0.25) is 4.79 Å². The number of rotatable bonds is 6. The van der Waals surface area contributed by atoms with Crippen molar-refractivity contribution in [2.45, 2.75) is 24.8 Å². The van der Waals surface area contributed by atoms with Gasteiger partial charge in [0.1, 0.15) is 12.1 Å². The summed E-state index contributed by atoms with van der Waals surface area (Å²) in [5, 5.41) is 9.92. The number of hydrogen-bond acceptors (Lipinski definition) is 5. The third-order valence-electron chi connectivity index (χ3n) is 2.51. The van der Waals surface area contributed by atoms with E-state index in [4.69, 9.17) is 15.0 Å². The van der Waals surface area contributed by atoms with Gasteiger partial charge in [0.05, 0.1) is 12.4 Å². The van der Waals surface area contributed by atoms with E-state index in [0.717, 1.165) is 0 Å². The standard InChI is InChI=1S/C12H17NO5S/c1-2-18-12(15)10(13)11(14)9-5-3-8(4-6-9)7-19(16)17/h3-6,10-11,14H,2,7,13H2,1H3,(H,16,17)/t10-,11+/m0/s1. The zero-order valence-electron chi connectivity index (χ0n) is 10.5. The van der Waals surface area contributed by atoms with Gasteiger partial charge in [-0.1, -0.05) is 24.3 Å². The molecule has 1 aromatic rings. The Balaban J connectivity index is 2.74. The maximum Gasteiger partial charge on any atom is 0.325 e. The molecule has 106 valence electrons. The largest absolute Gasteiger partial charge is 0.465 e. The lowest BCUT2D eigenvalue weighted by Crippen LogP contribution is -2.38. The van der Waals surface area contributed by atoms with Gasteiger partial charge in [-0.05, 0) is 18.1 Å². The third-order valence-corrected chi connectivity index (χ3v) is 3.09. The average Bonchev–Trinajstić information content (AvgIpc) is 2.37. The monoisotopic (exact) mass is 287 g/mol. The second-order valence-electron chi connectivity index (χ2n) is 3.93. The average molecular weight is 287 g/mol. The second-order valence-corrected chi connectivity index (χ2v) is 4.86. The van der Waals surface area contributed by atoms with E-state index in [1.807, 2.05) is 0 Å². The van der Waals surface area contributed by atoms with E-state index in [-0.39, 0.29) is 12.4 Å². The predicted octanol–water partition coefficient (Wildman–Crippen LogP) is 0.332. The fourth-order valence-electron chi connectivity index (χ4n) is 1.53. The Hall–Kier alpha value is -1.28. The normalized spacial score (nSPS) is 15.6. The molecule has 0 aromatic heterocycles. The third kappa shape index (κ3) is 4.71. The summed E-state index contributed by atoms with van der Waals surface area (Å²) in [6, 6.07) is 5.17. The van der Waals surface area contributed by atoms with E-state index in [2.05, 4.69) is 0 Å². The quantitative estimate of drug-likeness (QED) is 0.514. The van der Waals surface area contributed by atoms with Crippen LogP contribution in [0.15, 0.2) is 24.3 Å². The summed E-state index contributed by atoms with van der Waals surface area (Å²) in [6.45, 7) is 1.85. The van der Waals surface area contributed by atoms with Crippen molar-refractivity contribution >= 4 is 17.0 Å². The molecule has 0 spiro atoms. The van der Waals surface area contributed by atoms with Crippen LogP contribution in [-0.4, -0.2) is 32.5 Å². The van der Waals surface area contributed by atoms with Crippen molar-refractivity contribution in [3.63, 3.8) is 0 Å². The Morgan fingerprint density at radius 3 is 2.47 bits per heavy atom. The molecule has 0 heterocycles. The van der Waals surface area contributed by atoms with Gasteiger partial charge in [0.25, 0.3) is 0 Å². The van der Waals surface area contributed by atoms with Gasteiger partial charge in [-0.25, -0.2) is 4.21 Å². The number of carbonyl (C=O) groups is 1. The van der Waals surface area contributed by atoms with Gasteiger partial charge in [-0.2, -0.15) is 0 Å². The van der Waals surface area contributed by atoms with Gasteiger partial charge in [0.2, 0.25) is 0 Å². The van der Waals surface area contributed by atoms with Crippen LogP contribution < -0.4 is 5.73 Å². The van der Waals surface area contributed by atoms with Crippen molar-refractivity contribution in [2.75, 3.05) is 6.61 Å². The molecule has 0 saturated carbocycles. The maximum absolute atomic E-state index is 11.4. The van der Waals surface area contributed by atoms with E-state index < -0.39 is 29.2 Å². The van der Waals surface area contributed by atoms with Crippen LogP contribution >= 0.6 is 0 Å². The van der Waals surface area contributed by atoms with Crippen LogP contribution in [0.1, 0.15) is 24.2 Å². The van der Waals surface area contributed by atoms with Gasteiger partial charge in [0, 0.05) is 0 Å². The summed E-state index contributed by atoms with van der Waals surface area (Å²) in [5.74, 6) is -0.657. The number of hydrogen-bond donors (Lipinski definition) is 3. The Kier molecular flexibility index (Phi) is 6.10. The van der Waals surface area contributed by atoms with Gasteiger partial charge in [0.15, 0.2) is 11.1 Å². The van der Waals surface area contributed by atoms with Crippen LogP contribution in [0.2, 0.25) is 0 Å². The van der Waals surface area contributed by atoms with E-state index in [0.29, 0.717) is 11.1 Å². The summed E-state index contributed by atoms with van der Waals surface area (Å²) >= 11 is -1.91. The molecule has 1 aromatic carbocycles. The molecule has 6 nitrogen and oxygen atoms in total. The van der Waals surface area contributed by atoms with E-state index >= 15 is 0 Å². The van der Waals surface area contributed by atoms with E-state index in [9.17, 15) is 14.1 Å². The van der Waals surface area contributed by atoms with Gasteiger partial charge in [-0.15, -0.1) is 0 Å². The molecule has 3 atom stereocenters. The molecule has 0 aliphatic heterocycles. The number of aliphatic hydroxyl groups is 1. The zero-order chi connectivity index (χ0) is 14.4. The summed E-state index contributed by atoms with van der Waals surface area (Å²) in [6.07, 6.45) is -1.17. The van der Waals surface area contributed by atoms with Crippen molar-refractivity contribution in [3.05, 3.63) is 35.4 Å². The highest BCUT2D eigenvalue weighted by molar-refractivity contribution is 7.78.